The van der Waals surface area contributed by atoms with E-state index in [0.29, 0.717) is 34.6 Å². The van der Waals surface area contributed by atoms with Gasteiger partial charge in [-0.25, -0.2) is 15.0 Å². The van der Waals surface area contributed by atoms with Gasteiger partial charge in [-0.1, -0.05) is 0 Å². The van der Waals surface area contributed by atoms with Crippen molar-refractivity contribution in [3.63, 3.8) is 0 Å². The second-order valence-corrected chi connectivity index (χ2v) is 5.05. The maximum absolute atomic E-state index is 5.97. The fourth-order valence-electron chi connectivity index (χ4n) is 2.26. The molecule has 2 aromatic heterocycles. The molecule has 0 bridgehead atoms. The van der Waals surface area contributed by atoms with Crippen LogP contribution >= 0.6 is 0 Å². The average Bonchev–Trinajstić information content (AvgIpc) is 2.68. The van der Waals surface area contributed by atoms with Crippen LogP contribution < -0.4 is 19.5 Å². The molecule has 0 aliphatic carbocycles. The Balaban J connectivity index is 1.99. The molecule has 0 fully saturated rings. The van der Waals surface area contributed by atoms with Crippen LogP contribution in [0.15, 0.2) is 48.9 Å². The molecule has 0 unspecified atom stereocenters. The first kappa shape index (κ1) is 16.5. The van der Waals surface area contributed by atoms with E-state index >= 15 is 0 Å². The molecule has 0 saturated carbocycles. The third kappa shape index (κ3) is 3.77. The molecule has 3 rings (SSSR count). The van der Waals surface area contributed by atoms with Crippen molar-refractivity contribution in [1.29, 1.82) is 0 Å². The van der Waals surface area contributed by atoms with Gasteiger partial charge in [-0.2, -0.15) is 0 Å². The molecule has 1 aromatic carbocycles. The molecule has 0 saturated heterocycles. The van der Waals surface area contributed by atoms with Gasteiger partial charge in [0.2, 0.25) is 5.88 Å². The van der Waals surface area contributed by atoms with Gasteiger partial charge in [0.25, 0.3) is 0 Å². The van der Waals surface area contributed by atoms with E-state index in [9.17, 15) is 0 Å². The van der Waals surface area contributed by atoms with Gasteiger partial charge in [0, 0.05) is 37.5 Å². The zero-order valence-corrected chi connectivity index (χ0v) is 14.2. The molecule has 25 heavy (non-hydrogen) atoms. The Morgan fingerprint density at radius 1 is 0.880 bits per heavy atom. The summed E-state index contributed by atoms with van der Waals surface area (Å²) < 4.78 is 16.5. The molecule has 0 amide bonds. The van der Waals surface area contributed by atoms with Gasteiger partial charge in [0.05, 0.1) is 25.5 Å². The predicted octanol–water partition coefficient (Wildman–Crippen LogP) is 3.39. The summed E-state index contributed by atoms with van der Waals surface area (Å²) in [6, 6.07) is 10.9. The first-order valence-corrected chi connectivity index (χ1v) is 7.59. The van der Waals surface area contributed by atoms with Crippen molar-refractivity contribution in [3.05, 3.63) is 48.9 Å². The van der Waals surface area contributed by atoms with E-state index in [1.54, 1.807) is 45.7 Å². The second kappa shape index (κ2) is 7.48. The Bertz CT molecular complexity index is 848. The number of methoxy groups -OCH3 is 2. The van der Waals surface area contributed by atoms with Crippen LogP contribution in [-0.2, 0) is 0 Å². The quantitative estimate of drug-likeness (QED) is 0.738. The molecular formula is C18H18N4O3. The highest BCUT2D eigenvalue weighted by molar-refractivity contribution is 5.67. The molecule has 1 N–H and O–H groups in total. The number of nitrogens with zero attached hydrogens (tertiary/aromatic N) is 3. The lowest BCUT2D eigenvalue weighted by atomic mass is 10.2. The number of pyridine rings is 1. The normalized spacial score (nSPS) is 10.2. The van der Waals surface area contributed by atoms with Crippen molar-refractivity contribution in [1.82, 2.24) is 15.0 Å². The van der Waals surface area contributed by atoms with E-state index in [-0.39, 0.29) is 0 Å². The lowest BCUT2D eigenvalue weighted by molar-refractivity contribution is 0.385. The van der Waals surface area contributed by atoms with Crippen molar-refractivity contribution in [3.8, 4) is 34.4 Å². The van der Waals surface area contributed by atoms with Crippen LogP contribution in [0.1, 0.15) is 0 Å². The second-order valence-electron chi connectivity index (χ2n) is 5.05. The molecule has 3 aromatic rings. The minimum absolute atomic E-state index is 0.429. The first-order valence-electron chi connectivity index (χ1n) is 7.59. The topological polar surface area (TPSA) is 78.4 Å². The molecule has 2 heterocycles. The number of anilines is 1. The first-order chi connectivity index (χ1) is 12.2. The smallest absolute Gasteiger partial charge is 0.228 e. The van der Waals surface area contributed by atoms with Crippen LogP contribution in [0.25, 0.3) is 11.3 Å². The summed E-state index contributed by atoms with van der Waals surface area (Å²) in [6.07, 6.45) is 3.16. The number of nitrogens with one attached hydrogen (secondary N) is 1. The van der Waals surface area contributed by atoms with Gasteiger partial charge in [-0.05, 0) is 12.1 Å². The summed E-state index contributed by atoms with van der Waals surface area (Å²) >= 11 is 0. The fraction of sp³-hybridized carbons (Fsp3) is 0.167. The highest BCUT2D eigenvalue weighted by Crippen LogP contribution is 2.34. The highest BCUT2D eigenvalue weighted by atomic mass is 16.5. The zero-order valence-electron chi connectivity index (χ0n) is 14.2. The van der Waals surface area contributed by atoms with E-state index in [2.05, 4.69) is 20.3 Å². The Morgan fingerprint density at radius 3 is 2.28 bits per heavy atom. The molecule has 7 heteroatoms. The largest absolute Gasteiger partial charge is 0.496 e. The van der Waals surface area contributed by atoms with Crippen LogP contribution in [0.5, 0.6) is 23.1 Å². The summed E-state index contributed by atoms with van der Waals surface area (Å²) in [4.78, 5) is 12.8. The van der Waals surface area contributed by atoms with Gasteiger partial charge in [-0.3, -0.25) is 0 Å². The van der Waals surface area contributed by atoms with Crippen LogP contribution in [0.4, 0.5) is 5.82 Å². The van der Waals surface area contributed by atoms with Crippen molar-refractivity contribution >= 4 is 5.82 Å². The zero-order chi connectivity index (χ0) is 17.6. The van der Waals surface area contributed by atoms with Crippen molar-refractivity contribution < 1.29 is 14.2 Å². The standard InChI is InChI=1S/C18H18N4O3/c1-19-17-10-16(21-11-22-17)15-5-4-6-20-18(15)25-14-8-12(23-2)7-13(9-14)24-3/h4-11H,1-3H3,(H,19,21,22). The summed E-state index contributed by atoms with van der Waals surface area (Å²) in [5.41, 5.74) is 1.46. The molecular weight excluding hydrogens is 320 g/mol. The maximum Gasteiger partial charge on any atom is 0.228 e. The van der Waals surface area contributed by atoms with Gasteiger partial charge in [0.1, 0.15) is 29.4 Å². The van der Waals surface area contributed by atoms with Crippen LogP contribution in [-0.4, -0.2) is 36.2 Å². The van der Waals surface area contributed by atoms with Crippen molar-refractivity contribution in [2.45, 2.75) is 0 Å². The lowest BCUT2D eigenvalue weighted by Crippen LogP contribution is -1.97. The number of ether oxygens (including phenoxy) is 3. The van der Waals surface area contributed by atoms with Crippen molar-refractivity contribution in [2.75, 3.05) is 26.6 Å². The van der Waals surface area contributed by atoms with Gasteiger partial charge in [0.15, 0.2) is 0 Å². The molecule has 0 aliphatic heterocycles. The summed E-state index contributed by atoms with van der Waals surface area (Å²) in [7, 11) is 4.98. The average molecular weight is 338 g/mol. The van der Waals surface area contributed by atoms with E-state index in [4.69, 9.17) is 14.2 Å². The van der Waals surface area contributed by atoms with Gasteiger partial charge < -0.3 is 19.5 Å². The molecule has 0 atom stereocenters. The fourth-order valence-corrected chi connectivity index (χ4v) is 2.26. The Labute approximate surface area is 145 Å². The minimum atomic E-state index is 0.429. The number of aromatic nitrogens is 3. The van der Waals surface area contributed by atoms with Crippen LogP contribution in [0.2, 0.25) is 0 Å². The number of hydrogen-bond acceptors (Lipinski definition) is 7. The van der Waals surface area contributed by atoms with Gasteiger partial charge in [-0.15, -0.1) is 0 Å². The maximum atomic E-state index is 5.97. The molecule has 0 radical (unpaired) electrons. The third-order valence-electron chi connectivity index (χ3n) is 3.51. The Kier molecular flexibility index (Phi) is 4.94. The number of benzene rings is 1. The van der Waals surface area contributed by atoms with Crippen LogP contribution in [0, 0.1) is 0 Å². The Morgan fingerprint density at radius 2 is 1.60 bits per heavy atom. The molecule has 7 nitrogen and oxygen atoms in total. The number of hydrogen-bond donors (Lipinski definition) is 1. The van der Waals surface area contributed by atoms with E-state index in [1.165, 1.54) is 6.33 Å². The predicted molar refractivity (Wildman–Crippen MR) is 94.4 cm³/mol. The monoisotopic (exact) mass is 338 g/mol. The summed E-state index contributed by atoms with van der Waals surface area (Å²) in [5.74, 6) is 2.96. The van der Waals surface area contributed by atoms with E-state index in [1.807, 2.05) is 18.2 Å². The molecule has 0 spiro atoms. The Hall–Kier alpha value is -3.35. The summed E-state index contributed by atoms with van der Waals surface area (Å²) in [6.45, 7) is 0. The third-order valence-corrected chi connectivity index (χ3v) is 3.51. The molecule has 128 valence electrons. The molecule has 0 aliphatic rings. The number of rotatable bonds is 6. The van der Waals surface area contributed by atoms with Gasteiger partial charge >= 0.3 is 0 Å². The highest BCUT2D eigenvalue weighted by Gasteiger charge is 2.12. The minimum Gasteiger partial charge on any atom is -0.496 e. The summed E-state index contributed by atoms with van der Waals surface area (Å²) in [5, 5.41) is 2.99. The van der Waals surface area contributed by atoms with Crippen LogP contribution in [0.3, 0.4) is 0 Å². The van der Waals surface area contributed by atoms with Crippen molar-refractivity contribution in [2.24, 2.45) is 0 Å². The van der Waals surface area contributed by atoms with E-state index < -0.39 is 0 Å². The SMILES string of the molecule is CNc1cc(-c2cccnc2Oc2cc(OC)cc(OC)c2)ncn1. The van der Waals surface area contributed by atoms with E-state index in [0.717, 1.165) is 5.56 Å². The lowest BCUT2D eigenvalue weighted by Gasteiger charge is -2.12.